The van der Waals surface area contributed by atoms with Crippen LogP contribution >= 0.6 is 0 Å². The van der Waals surface area contributed by atoms with Crippen molar-refractivity contribution in [1.82, 2.24) is 4.98 Å². The molecule has 0 saturated carbocycles. The van der Waals surface area contributed by atoms with E-state index in [1.165, 1.54) is 20.1 Å². The molecule has 3 N–H and O–H groups in total. The van der Waals surface area contributed by atoms with E-state index in [2.05, 4.69) is 4.98 Å². The molecule has 1 atom stereocenters. The van der Waals surface area contributed by atoms with Gasteiger partial charge in [0.2, 0.25) is 0 Å². The number of hydrogen-bond acceptors (Lipinski definition) is 6. The Labute approximate surface area is 177 Å². The molecule has 162 valence electrons. The number of halogens is 2. The highest BCUT2D eigenvalue weighted by molar-refractivity contribution is 5.72. The first kappa shape index (κ1) is 22.0. The lowest BCUT2D eigenvalue weighted by Crippen LogP contribution is -2.24. The van der Waals surface area contributed by atoms with Crippen molar-refractivity contribution in [1.29, 1.82) is 0 Å². The van der Waals surface area contributed by atoms with E-state index in [1.54, 1.807) is 12.1 Å². The third-order valence-corrected chi connectivity index (χ3v) is 4.33. The molecule has 1 aromatic heterocycles. The van der Waals surface area contributed by atoms with Crippen LogP contribution in [0.2, 0.25) is 0 Å². The van der Waals surface area contributed by atoms with Gasteiger partial charge in [0.05, 0.1) is 7.11 Å². The van der Waals surface area contributed by atoms with Crippen LogP contribution in [-0.4, -0.2) is 29.3 Å². The van der Waals surface area contributed by atoms with Gasteiger partial charge in [0.25, 0.3) is 11.8 Å². The Bertz CT molecular complexity index is 1110. The lowest BCUT2D eigenvalue weighted by Gasteiger charge is -2.14. The summed E-state index contributed by atoms with van der Waals surface area (Å²) >= 11 is 0. The van der Waals surface area contributed by atoms with Gasteiger partial charge in [-0.1, -0.05) is 18.2 Å². The Hall–Kier alpha value is -3.72. The quantitative estimate of drug-likeness (QED) is 0.554. The number of pyridine rings is 1. The highest BCUT2D eigenvalue weighted by Crippen LogP contribution is 2.34. The monoisotopic (exact) mass is 430 g/mol. The van der Waals surface area contributed by atoms with Gasteiger partial charge >= 0.3 is 5.97 Å². The molecule has 2 aromatic carbocycles. The number of nitrogens with two attached hydrogens (primary N) is 1. The van der Waals surface area contributed by atoms with Crippen molar-refractivity contribution in [3.05, 3.63) is 65.7 Å². The molecule has 0 amide bonds. The molecule has 3 aromatic rings. The molecule has 1 heterocycles. The number of aromatic nitrogens is 1. The average molecular weight is 430 g/mol. The normalized spacial score (nSPS) is 11.6. The van der Waals surface area contributed by atoms with Crippen molar-refractivity contribution in [2.24, 2.45) is 5.73 Å². The zero-order chi connectivity index (χ0) is 22.5. The van der Waals surface area contributed by atoms with E-state index in [4.69, 9.17) is 25.1 Å². The van der Waals surface area contributed by atoms with Crippen LogP contribution < -0.4 is 19.9 Å². The topological polar surface area (TPSA) is 104 Å². The lowest BCUT2D eigenvalue weighted by atomic mass is 10.0. The number of carbonyl (C=O) groups is 1. The molecule has 0 radical (unpaired) electrons. The summed E-state index contributed by atoms with van der Waals surface area (Å²) in [5.41, 5.74) is 8.17. The highest BCUT2D eigenvalue weighted by Gasteiger charge is 2.20. The average Bonchev–Trinajstić information content (AvgIpc) is 2.76. The summed E-state index contributed by atoms with van der Waals surface area (Å²) in [6, 6.07) is 12.9. The minimum Gasteiger partial charge on any atom is -0.497 e. The van der Waals surface area contributed by atoms with Gasteiger partial charge in [-0.3, -0.25) is 0 Å². The van der Waals surface area contributed by atoms with Crippen LogP contribution in [0.4, 0.5) is 8.78 Å². The molecule has 7 nitrogen and oxygen atoms in total. The molecule has 0 saturated heterocycles. The van der Waals surface area contributed by atoms with E-state index >= 15 is 0 Å². The number of hydrogen-bond donors (Lipinski definition) is 2. The zero-order valence-corrected chi connectivity index (χ0v) is 16.8. The summed E-state index contributed by atoms with van der Waals surface area (Å²) in [6.07, 6.45) is -1.39. The molecule has 0 spiro atoms. The van der Waals surface area contributed by atoms with Crippen LogP contribution in [0.5, 0.6) is 23.3 Å². The number of rotatable bonds is 8. The summed E-state index contributed by atoms with van der Waals surface area (Å²) < 4.78 is 44.0. The van der Waals surface area contributed by atoms with E-state index in [9.17, 15) is 13.6 Å². The number of carboxylic acid groups (broad SMARTS) is 1. The second-order valence-electron chi connectivity index (χ2n) is 6.56. The van der Waals surface area contributed by atoms with Crippen LogP contribution in [0.3, 0.4) is 0 Å². The first-order valence-corrected chi connectivity index (χ1v) is 9.22. The number of aliphatic carboxylic acids is 1. The van der Waals surface area contributed by atoms with E-state index in [1.807, 2.05) is 24.3 Å². The first-order valence-electron chi connectivity index (χ1n) is 9.22. The molecule has 0 bridgehead atoms. The second-order valence-corrected chi connectivity index (χ2v) is 6.56. The summed E-state index contributed by atoms with van der Waals surface area (Å²) in [4.78, 5) is 14.6. The molecule has 31 heavy (non-hydrogen) atoms. The van der Waals surface area contributed by atoms with Gasteiger partial charge in [-0.15, -0.1) is 0 Å². The fraction of sp³-hybridized carbons (Fsp3) is 0.182. The van der Waals surface area contributed by atoms with E-state index in [0.717, 1.165) is 11.1 Å². The molecule has 0 aliphatic carbocycles. The second kappa shape index (κ2) is 9.40. The number of benzene rings is 2. The third-order valence-electron chi connectivity index (χ3n) is 4.33. The van der Waals surface area contributed by atoms with Gasteiger partial charge in [0.1, 0.15) is 11.5 Å². The van der Waals surface area contributed by atoms with Gasteiger partial charge in [-0.2, -0.15) is 4.98 Å². The Morgan fingerprint density at radius 1 is 1.06 bits per heavy atom. The van der Waals surface area contributed by atoms with Gasteiger partial charge in [-0.25, -0.2) is 13.6 Å². The van der Waals surface area contributed by atoms with Crippen LogP contribution in [0, 0.1) is 11.6 Å². The first-order chi connectivity index (χ1) is 14.8. The van der Waals surface area contributed by atoms with Crippen LogP contribution in [0.15, 0.2) is 48.5 Å². The maximum Gasteiger partial charge on any atom is 0.344 e. The van der Waals surface area contributed by atoms with Crippen molar-refractivity contribution in [2.45, 2.75) is 19.6 Å². The lowest BCUT2D eigenvalue weighted by molar-refractivity contribution is -0.144. The maximum absolute atomic E-state index is 14.3. The highest BCUT2D eigenvalue weighted by atomic mass is 19.1. The van der Waals surface area contributed by atoms with Crippen molar-refractivity contribution in [3.63, 3.8) is 0 Å². The summed E-state index contributed by atoms with van der Waals surface area (Å²) in [6.45, 7) is 1.56. The summed E-state index contributed by atoms with van der Waals surface area (Å²) in [5, 5.41) is 8.92. The molecular weight excluding hydrogens is 410 g/mol. The van der Waals surface area contributed by atoms with E-state index in [0.29, 0.717) is 23.9 Å². The maximum atomic E-state index is 14.3. The molecule has 3 rings (SSSR count). The fourth-order valence-electron chi connectivity index (χ4n) is 2.71. The van der Waals surface area contributed by atoms with Crippen LogP contribution in [0.1, 0.15) is 12.5 Å². The fourth-order valence-corrected chi connectivity index (χ4v) is 2.71. The van der Waals surface area contributed by atoms with Gasteiger partial charge in [-0.05, 0) is 41.8 Å². The van der Waals surface area contributed by atoms with Gasteiger partial charge in [0, 0.05) is 18.7 Å². The van der Waals surface area contributed by atoms with Crippen molar-refractivity contribution in [3.8, 4) is 34.4 Å². The number of carboxylic acids is 1. The molecule has 0 aliphatic rings. The van der Waals surface area contributed by atoms with Gasteiger partial charge in [0.15, 0.2) is 17.7 Å². The Kier molecular flexibility index (Phi) is 6.66. The van der Waals surface area contributed by atoms with E-state index < -0.39 is 35.5 Å². The van der Waals surface area contributed by atoms with Crippen molar-refractivity contribution < 1.29 is 32.9 Å². The predicted molar refractivity (Wildman–Crippen MR) is 108 cm³/mol. The Balaban J connectivity index is 1.97. The van der Waals surface area contributed by atoms with Crippen LogP contribution in [0.25, 0.3) is 11.1 Å². The van der Waals surface area contributed by atoms with Gasteiger partial charge < -0.3 is 25.1 Å². The minimum atomic E-state index is -1.39. The van der Waals surface area contributed by atoms with E-state index in [-0.39, 0.29) is 5.75 Å². The Morgan fingerprint density at radius 2 is 1.77 bits per heavy atom. The molecule has 0 fully saturated rings. The standard InChI is InChI=1S/C22H20F2N2O5/c1-12(22(27)28)30-20-18(23)10-19(24)21(26-20)31-17-8-15(7-16(9-17)29-2)14-5-3-4-13(6-14)11-25/h3-10,12H,11,25H2,1-2H3,(H,27,28). The van der Waals surface area contributed by atoms with Crippen molar-refractivity contribution in [2.75, 3.05) is 7.11 Å². The minimum absolute atomic E-state index is 0.169. The zero-order valence-electron chi connectivity index (χ0n) is 16.8. The summed E-state index contributed by atoms with van der Waals surface area (Å²) in [5.74, 6) is -4.23. The predicted octanol–water partition coefficient (Wildman–Crippen LogP) is 4.14. The molecule has 0 aliphatic heterocycles. The largest absolute Gasteiger partial charge is 0.497 e. The Morgan fingerprint density at radius 3 is 2.45 bits per heavy atom. The number of nitrogens with zero attached hydrogens (tertiary/aromatic N) is 1. The SMILES string of the molecule is COc1cc(Oc2nc(OC(C)C(=O)O)c(F)cc2F)cc(-c2cccc(CN)c2)c1. The molecule has 9 heteroatoms. The molecular formula is C22H20F2N2O5. The third kappa shape index (κ3) is 5.26. The molecule has 1 unspecified atom stereocenters. The smallest absolute Gasteiger partial charge is 0.344 e. The van der Waals surface area contributed by atoms with Crippen molar-refractivity contribution >= 4 is 5.97 Å². The summed E-state index contributed by atoms with van der Waals surface area (Å²) in [7, 11) is 1.47. The number of methoxy groups -OCH3 is 1. The number of ether oxygens (including phenoxy) is 3. The van der Waals surface area contributed by atoms with Crippen LogP contribution in [-0.2, 0) is 11.3 Å².